The Labute approximate surface area is 113 Å². The first kappa shape index (κ1) is 13.1. The van der Waals surface area contributed by atoms with E-state index in [9.17, 15) is 10.1 Å². The van der Waals surface area contributed by atoms with Crippen molar-refractivity contribution in [2.45, 2.75) is 13.5 Å². The lowest BCUT2D eigenvalue weighted by molar-refractivity contribution is -0.385. The Kier molecular flexibility index (Phi) is 3.81. The molecule has 9 heteroatoms. The molecule has 0 spiro atoms. The van der Waals surface area contributed by atoms with Gasteiger partial charge in [-0.25, -0.2) is 4.98 Å². The first-order chi connectivity index (χ1) is 9.08. The summed E-state index contributed by atoms with van der Waals surface area (Å²) in [6.45, 7) is 1.75. The van der Waals surface area contributed by atoms with E-state index < -0.39 is 4.92 Å². The summed E-state index contributed by atoms with van der Waals surface area (Å²) in [5.74, 6) is 0.0631. The molecule has 19 heavy (non-hydrogen) atoms. The van der Waals surface area contributed by atoms with Gasteiger partial charge in [-0.05, 0) is 30.7 Å². The number of rotatable bonds is 4. The van der Waals surface area contributed by atoms with Crippen LogP contribution in [0.25, 0.3) is 0 Å². The van der Waals surface area contributed by atoms with Gasteiger partial charge < -0.3 is 5.32 Å². The zero-order chi connectivity index (χ0) is 13.8. The van der Waals surface area contributed by atoms with Gasteiger partial charge in [0.25, 0.3) is 0 Å². The molecule has 0 unspecified atom stereocenters. The Hall–Kier alpha value is -2.35. The Bertz CT molecular complexity index is 606. The van der Waals surface area contributed by atoms with E-state index in [1.54, 1.807) is 12.1 Å². The van der Waals surface area contributed by atoms with Crippen molar-refractivity contribution in [3.8, 4) is 0 Å². The molecule has 0 bridgehead atoms. The van der Waals surface area contributed by atoms with Crippen molar-refractivity contribution in [2.75, 3.05) is 5.32 Å². The van der Waals surface area contributed by atoms with Gasteiger partial charge >= 0.3 is 5.69 Å². The van der Waals surface area contributed by atoms with Gasteiger partial charge in [-0.1, -0.05) is 0 Å². The van der Waals surface area contributed by atoms with Gasteiger partial charge in [0.05, 0.1) is 17.2 Å². The minimum atomic E-state index is -0.551. The summed E-state index contributed by atoms with van der Waals surface area (Å²) in [4.78, 5) is 18.0. The highest BCUT2D eigenvalue weighted by atomic mass is 35.5. The highest BCUT2D eigenvalue weighted by molar-refractivity contribution is 6.28. The van der Waals surface area contributed by atoms with E-state index in [-0.39, 0.29) is 29.0 Å². The molecule has 98 valence electrons. The molecule has 8 nitrogen and oxygen atoms in total. The van der Waals surface area contributed by atoms with Crippen LogP contribution in [0.15, 0.2) is 18.3 Å². The van der Waals surface area contributed by atoms with E-state index in [0.29, 0.717) is 5.69 Å². The van der Waals surface area contributed by atoms with Crippen LogP contribution >= 0.6 is 11.6 Å². The minimum Gasteiger partial charge on any atom is -0.358 e. The summed E-state index contributed by atoms with van der Waals surface area (Å²) in [5, 5.41) is 21.3. The van der Waals surface area contributed by atoms with Crippen molar-refractivity contribution in [3.63, 3.8) is 0 Å². The molecule has 0 saturated heterocycles. The maximum atomic E-state index is 11.0. The molecule has 0 atom stereocenters. The fraction of sp³-hybridized carbons (Fsp3) is 0.200. The number of aromatic nitrogens is 4. The second-order valence-corrected chi connectivity index (χ2v) is 3.94. The summed E-state index contributed by atoms with van der Waals surface area (Å²) in [6, 6.07) is 3.46. The van der Waals surface area contributed by atoms with Crippen LogP contribution in [0.3, 0.4) is 0 Å². The second-order valence-electron chi connectivity index (χ2n) is 3.60. The van der Waals surface area contributed by atoms with E-state index in [1.807, 2.05) is 0 Å². The number of aryl methyl sites for hydroxylation is 1. The standard InChI is InChI=1S/C10H9ClN6O2/c1-6-8(17(18)19)9(15-10(11)14-6)12-5-7-3-2-4-13-16-7/h2-4H,5H2,1H3,(H,12,14,15). The Morgan fingerprint density at radius 3 is 2.89 bits per heavy atom. The second kappa shape index (κ2) is 5.53. The lowest BCUT2D eigenvalue weighted by atomic mass is 10.3. The summed E-state index contributed by atoms with van der Waals surface area (Å²) < 4.78 is 0. The van der Waals surface area contributed by atoms with Crippen LogP contribution in [0.5, 0.6) is 0 Å². The lowest BCUT2D eigenvalue weighted by Crippen LogP contribution is -2.08. The number of anilines is 1. The van der Waals surface area contributed by atoms with Crippen LogP contribution in [0.4, 0.5) is 11.5 Å². The topological polar surface area (TPSA) is 107 Å². The van der Waals surface area contributed by atoms with E-state index in [1.165, 1.54) is 13.1 Å². The fourth-order valence-electron chi connectivity index (χ4n) is 1.48. The van der Waals surface area contributed by atoms with Crippen molar-refractivity contribution >= 4 is 23.1 Å². The molecule has 0 aliphatic heterocycles. The molecule has 0 radical (unpaired) electrons. The summed E-state index contributed by atoms with van der Waals surface area (Å²) in [6.07, 6.45) is 1.54. The van der Waals surface area contributed by atoms with E-state index in [0.717, 1.165) is 0 Å². The number of halogens is 1. The third-order valence-corrected chi connectivity index (χ3v) is 2.45. The molecule has 2 aromatic heterocycles. The van der Waals surface area contributed by atoms with E-state index >= 15 is 0 Å². The van der Waals surface area contributed by atoms with Crippen LogP contribution in [0.1, 0.15) is 11.4 Å². The van der Waals surface area contributed by atoms with Crippen LogP contribution < -0.4 is 5.32 Å². The number of hydrogen-bond acceptors (Lipinski definition) is 7. The monoisotopic (exact) mass is 280 g/mol. The molecule has 1 N–H and O–H groups in total. The molecule has 0 aliphatic carbocycles. The average molecular weight is 281 g/mol. The predicted molar refractivity (Wildman–Crippen MR) is 67.8 cm³/mol. The van der Waals surface area contributed by atoms with Crippen molar-refractivity contribution < 1.29 is 4.92 Å². The van der Waals surface area contributed by atoms with Gasteiger partial charge in [-0.15, -0.1) is 0 Å². The lowest BCUT2D eigenvalue weighted by Gasteiger charge is -2.06. The number of hydrogen-bond donors (Lipinski definition) is 1. The van der Waals surface area contributed by atoms with Crippen molar-refractivity contribution in [1.29, 1.82) is 0 Å². The zero-order valence-corrected chi connectivity index (χ0v) is 10.6. The van der Waals surface area contributed by atoms with Gasteiger partial charge in [0.15, 0.2) is 0 Å². The summed E-state index contributed by atoms with van der Waals surface area (Å²) in [7, 11) is 0. The van der Waals surface area contributed by atoms with Crippen LogP contribution in [0, 0.1) is 17.0 Å². The fourth-order valence-corrected chi connectivity index (χ4v) is 1.69. The van der Waals surface area contributed by atoms with Crippen LogP contribution in [0.2, 0.25) is 5.28 Å². The third kappa shape index (κ3) is 3.10. The van der Waals surface area contributed by atoms with Gasteiger partial charge in [-0.2, -0.15) is 15.2 Å². The minimum absolute atomic E-state index is 0.0512. The largest absolute Gasteiger partial charge is 0.358 e. The predicted octanol–water partition coefficient (Wildman–Crippen LogP) is 1.75. The Morgan fingerprint density at radius 2 is 2.26 bits per heavy atom. The SMILES string of the molecule is Cc1nc(Cl)nc(NCc2cccnn2)c1[N+](=O)[O-]. The molecule has 2 aromatic rings. The van der Waals surface area contributed by atoms with Gasteiger partial charge in [0.1, 0.15) is 5.69 Å². The average Bonchev–Trinajstić information content (AvgIpc) is 2.36. The highest BCUT2D eigenvalue weighted by Gasteiger charge is 2.21. The summed E-state index contributed by atoms with van der Waals surface area (Å²) >= 11 is 5.70. The molecule has 0 saturated carbocycles. The van der Waals surface area contributed by atoms with Crippen molar-refractivity contribution in [2.24, 2.45) is 0 Å². The third-order valence-electron chi connectivity index (χ3n) is 2.28. The normalized spacial score (nSPS) is 10.2. The first-order valence-corrected chi connectivity index (χ1v) is 5.64. The quantitative estimate of drug-likeness (QED) is 0.516. The number of nitrogens with zero attached hydrogens (tertiary/aromatic N) is 5. The maximum absolute atomic E-state index is 11.0. The Balaban J connectivity index is 2.27. The molecule has 0 aliphatic rings. The van der Waals surface area contributed by atoms with Gasteiger partial charge in [0.2, 0.25) is 11.1 Å². The van der Waals surface area contributed by atoms with Gasteiger partial charge in [0, 0.05) is 6.20 Å². The molecule has 2 heterocycles. The van der Waals surface area contributed by atoms with Crippen molar-refractivity contribution in [1.82, 2.24) is 20.2 Å². The number of nitrogens with one attached hydrogen (secondary N) is 1. The molecule has 0 fully saturated rings. The summed E-state index contributed by atoms with van der Waals surface area (Å²) in [5.41, 5.74) is 0.629. The highest BCUT2D eigenvalue weighted by Crippen LogP contribution is 2.26. The molecule has 2 rings (SSSR count). The smallest absolute Gasteiger partial charge is 0.332 e. The molecule has 0 amide bonds. The van der Waals surface area contributed by atoms with Crippen molar-refractivity contribution in [3.05, 3.63) is 45.1 Å². The molecular weight excluding hydrogens is 272 g/mol. The first-order valence-electron chi connectivity index (χ1n) is 5.27. The Morgan fingerprint density at radius 1 is 1.47 bits per heavy atom. The zero-order valence-electron chi connectivity index (χ0n) is 9.87. The molecular formula is C10H9ClN6O2. The van der Waals surface area contributed by atoms with E-state index in [2.05, 4.69) is 25.5 Å². The van der Waals surface area contributed by atoms with Crippen LogP contribution in [-0.2, 0) is 6.54 Å². The van der Waals surface area contributed by atoms with Crippen LogP contribution in [-0.4, -0.2) is 25.1 Å². The van der Waals surface area contributed by atoms with Gasteiger partial charge in [-0.3, -0.25) is 10.1 Å². The van der Waals surface area contributed by atoms with E-state index in [4.69, 9.17) is 11.6 Å². The number of nitro groups is 1. The maximum Gasteiger partial charge on any atom is 0.332 e. The molecule has 0 aromatic carbocycles.